The Balaban J connectivity index is 2.82. The van der Waals surface area contributed by atoms with Crippen LogP contribution in [-0.4, -0.2) is 15.1 Å². The van der Waals surface area contributed by atoms with Gasteiger partial charge in [0, 0.05) is 0 Å². The number of nitrogens with two attached hydrogens (primary N) is 1. The van der Waals surface area contributed by atoms with Gasteiger partial charge in [-0.2, -0.15) is 0 Å². The second-order valence-electron chi connectivity index (χ2n) is 2.75. The van der Waals surface area contributed by atoms with E-state index in [1.54, 1.807) is 0 Å². The van der Waals surface area contributed by atoms with E-state index >= 15 is 0 Å². The first-order valence-electron chi connectivity index (χ1n) is 3.78. The molecule has 1 heterocycles. The Hall–Kier alpha value is -0.620. The zero-order chi connectivity index (χ0) is 11.2. The molecule has 2 rings (SSSR count). The molecule has 0 atom stereocenters. The summed E-state index contributed by atoms with van der Waals surface area (Å²) in [4.78, 5) is 4.34. The number of thiocarbonyl (C=S) groups is 1. The highest BCUT2D eigenvalue weighted by Gasteiger charge is 2.14. The average Bonchev–Trinajstić information content (AvgIpc) is 2.58. The molecule has 1 aromatic heterocycles. The van der Waals surface area contributed by atoms with Crippen LogP contribution in [0.3, 0.4) is 0 Å². The van der Waals surface area contributed by atoms with Crippen molar-refractivity contribution >= 4 is 62.0 Å². The second-order valence-corrected chi connectivity index (χ2v) is 4.98. The van der Waals surface area contributed by atoms with Gasteiger partial charge in [0.05, 0.1) is 15.2 Å². The molecular weight excluding hydrogens is 275 g/mol. The van der Waals surface area contributed by atoms with Crippen LogP contribution >= 0.6 is 46.8 Å². The number of phenols is 1. The van der Waals surface area contributed by atoms with E-state index in [1.165, 1.54) is 17.4 Å². The van der Waals surface area contributed by atoms with Crippen LogP contribution in [0, 0.1) is 0 Å². The third-order valence-corrected chi connectivity index (χ3v) is 3.97. The van der Waals surface area contributed by atoms with E-state index in [-0.39, 0.29) is 20.8 Å². The minimum Gasteiger partial charge on any atom is -0.505 e. The fraction of sp³-hybridized carbons (Fsp3) is 0. The van der Waals surface area contributed by atoms with Gasteiger partial charge in [-0.3, -0.25) is 0 Å². The second kappa shape index (κ2) is 3.75. The summed E-state index contributed by atoms with van der Waals surface area (Å²) in [5.74, 6) is -0.149. The maximum atomic E-state index is 9.50. The van der Waals surface area contributed by atoms with E-state index in [0.717, 1.165) is 0 Å². The van der Waals surface area contributed by atoms with E-state index in [9.17, 15) is 5.11 Å². The fourth-order valence-electron chi connectivity index (χ4n) is 1.09. The lowest BCUT2D eigenvalue weighted by Crippen LogP contribution is -2.08. The van der Waals surface area contributed by atoms with Crippen LogP contribution in [0.25, 0.3) is 10.2 Å². The predicted molar refractivity (Wildman–Crippen MR) is 67.2 cm³/mol. The largest absolute Gasteiger partial charge is 0.505 e. The Labute approximate surface area is 104 Å². The zero-order valence-electron chi connectivity index (χ0n) is 7.12. The Bertz CT molecular complexity index is 567. The number of rotatable bonds is 1. The zero-order valence-corrected chi connectivity index (χ0v) is 10.3. The summed E-state index contributed by atoms with van der Waals surface area (Å²) < 4.78 is 0.626. The highest BCUT2D eigenvalue weighted by atomic mass is 35.5. The average molecular weight is 279 g/mol. The third-order valence-electron chi connectivity index (χ3n) is 1.76. The van der Waals surface area contributed by atoms with Crippen molar-refractivity contribution in [2.45, 2.75) is 0 Å². The molecule has 1 aromatic carbocycles. The van der Waals surface area contributed by atoms with Crippen LogP contribution in [0.4, 0.5) is 0 Å². The van der Waals surface area contributed by atoms with Crippen molar-refractivity contribution in [1.82, 2.24) is 4.98 Å². The minimum absolute atomic E-state index is 0.149. The number of aromatic nitrogens is 1. The highest BCUT2D eigenvalue weighted by Crippen LogP contribution is 2.40. The number of hydrogen-bond acceptors (Lipinski definition) is 4. The van der Waals surface area contributed by atoms with Crippen molar-refractivity contribution in [3.63, 3.8) is 0 Å². The number of aromatic hydroxyl groups is 1. The maximum Gasteiger partial charge on any atom is 0.154 e. The van der Waals surface area contributed by atoms with Gasteiger partial charge in [0.15, 0.2) is 10.8 Å². The van der Waals surface area contributed by atoms with Gasteiger partial charge in [-0.15, -0.1) is 11.3 Å². The smallest absolute Gasteiger partial charge is 0.154 e. The lowest BCUT2D eigenvalue weighted by Gasteiger charge is -1.98. The van der Waals surface area contributed by atoms with Crippen molar-refractivity contribution < 1.29 is 5.11 Å². The molecule has 0 aliphatic heterocycles. The van der Waals surface area contributed by atoms with Crippen LogP contribution in [-0.2, 0) is 0 Å². The summed E-state index contributed by atoms with van der Waals surface area (Å²) >= 11 is 17.7. The number of nitrogens with zero attached hydrogens (tertiary/aromatic N) is 1. The molecule has 7 heteroatoms. The van der Waals surface area contributed by atoms with E-state index in [2.05, 4.69) is 4.98 Å². The number of halogens is 2. The van der Waals surface area contributed by atoms with Gasteiger partial charge in [-0.25, -0.2) is 4.98 Å². The van der Waals surface area contributed by atoms with E-state index in [0.29, 0.717) is 15.2 Å². The van der Waals surface area contributed by atoms with Crippen LogP contribution in [0.5, 0.6) is 5.75 Å². The Morgan fingerprint density at radius 2 is 2.20 bits per heavy atom. The summed E-state index contributed by atoms with van der Waals surface area (Å²) in [6.07, 6.45) is 0. The quantitative estimate of drug-likeness (QED) is 0.788. The third kappa shape index (κ3) is 1.76. The topological polar surface area (TPSA) is 59.1 Å². The molecule has 3 N–H and O–H groups in total. The molecule has 0 aliphatic rings. The molecule has 0 bridgehead atoms. The minimum atomic E-state index is -0.149. The molecule has 15 heavy (non-hydrogen) atoms. The Morgan fingerprint density at radius 1 is 1.53 bits per heavy atom. The summed E-state index contributed by atoms with van der Waals surface area (Å²) in [5, 5.41) is 10.3. The molecule has 0 saturated carbocycles. The van der Waals surface area contributed by atoms with Gasteiger partial charge in [-0.05, 0) is 6.07 Å². The number of phenolic OH excluding ortho intramolecular Hbond substituents is 1. The number of benzene rings is 1. The van der Waals surface area contributed by atoms with Crippen molar-refractivity contribution in [3.8, 4) is 5.75 Å². The normalized spacial score (nSPS) is 10.8. The van der Waals surface area contributed by atoms with Crippen LogP contribution in [0.2, 0.25) is 10.0 Å². The first-order chi connectivity index (χ1) is 7.00. The molecule has 2 aromatic rings. The van der Waals surface area contributed by atoms with E-state index in [1.807, 2.05) is 0 Å². The van der Waals surface area contributed by atoms with E-state index in [4.69, 9.17) is 41.2 Å². The summed E-state index contributed by atoms with van der Waals surface area (Å²) in [5.41, 5.74) is 6.02. The first kappa shape index (κ1) is 10.9. The molecule has 0 radical (unpaired) electrons. The standard InChI is InChI=1S/C8H4Cl2N2OS2/c9-2-1-3-6(4(10)5(2)13)15-8(12-3)7(11)14/h1,13H,(H2,11,14). The maximum absolute atomic E-state index is 9.50. The fourth-order valence-corrected chi connectivity index (χ4v) is 2.66. The molecule has 0 aliphatic carbocycles. The summed E-state index contributed by atoms with van der Waals surface area (Å²) in [6, 6.07) is 1.52. The van der Waals surface area contributed by atoms with Gasteiger partial charge < -0.3 is 10.8 Å². The van der Waals surface area contributed by atoms with Crippen molar-refractivity contribution in [2.75, 3.05) is 0 Å². The van der Waals surface area contributed by atoms with Crippen LogP contribution in [0.15, 0.2) is 6.07 Å². The van der Waals surface area contributed by atoms with E-state index < -0.39 is 0 Å². The van der Waals surface area contributed by atoms with Gasteiger partial charge >= 0.3 is 0 Å². The first-order valence-corrected chi connectivity index (χ1v) is 5.76. The number of hydrogen-bond donors (Lipinski definition) is 2. The molecule has 3 nitrogen and oxygen atoms in total. The molecular formula is C8H4Cl2N2OS2. The SMILES string of the molecule is NC(=S)c1nc2cc(Cl)c(O)c(Cl)c2s1. The monoisotopic (exact) mass is 278 g/mol. The van der Waals surface area contributed by atoms with Gasteiger partial charge in [0.1, 0.15) is 10.0 Å². The highest BCUT2D eigenvalue weighted by molar-refractivity contribution is 7.81. The lowest BCUT2D eigenvalue weighted by molar-refractivity contribution is 0.477. The Kier molecular flexibility index (Phi) is 2.72. The van der Waals surface area contributed by atoms with Crippen LogP contribution in [0.1, 0.15) is 5.01 Å². The van der Waals surface area contributed by atoms with Crippen molar-refractivity contribution in [2.24, 2.45) is 5.73 Å². The molecule has 0 saturated heterocycles. The van der Waals surface area contributed by atoms with Gasteiger partial charge in [-0.1, -0.05) is 35.4 Å². The van der Waals surface area contributed by atoms with Gasteiger partial charge in [0.25, 0.3) is 0 Å². The summed E-state index contributed by atoms with van der Waals surface area (Å²) in [6.45, 7) is 0. The predicted octanol–water partition coefficient (Wildman–Crippen LogP) is 2.94. The van der Waals surface area contributed by atoms with Crippen LogP contribution < -0.4 is 5.73 Å². The summed E-state index contributed by atoms with van der Waals surface area (Å²) in [7, 11) is 0. The van der Waals surface area contributed by atoms with Crippen molar-refractivity contribution in [1.29, 1.82) is 0 Å². The van der Waals surface area contributed by atoms with Gasteiger partial charge in [0.2, 0.25) is 0 Å². The molecule has 0 amide bonds. The Morgan fingerprint density at radius 3 is 2.80 bits per heavy atom. The molecule has 0 unspecified atom stereocenters. The number of fused-ring (bicyclic) bond motifs is 1. The molecule has 0 spiro atoms. The molecule has 78 valence electrons. The lowest BCUT2D eigenvalue weighted by atomic mass is 10.3. The van der Waals surface area contributed by atoms with Crippen molar-refractivity contribution in [3.05, 3.63) is 21.1 Å². The molecule has 0 fully saturated rings. The number of thiazole rings is 1.